The van der Waals surface area contributed by atoms with Crippen LogP contribution in [0.5, 0.6) is 0 Å². The number of rotatable bonds is 3. The molecule has 0 radical (unpaired) electrons. The van der Waals surface area contributed by atoms with Crippen LogP contribution in [0, 0.1) is 5.92 Å². The summed E-state index contributed by atoms with van der Waals surface area (Å²) in [6, 6.07) is 8.08. The third-order valence-electron chi connectivity index (χ3n) is 3.83. The number of amides is 1. The van der Waals surface area contributed by atoms with Crippen LogP contribution in [-0.4, -0.2) is 18.5 Å². The molecule has 1 fully saturated rings. The van der Waals surface area contributed by atoms with Gasteiger partial charge in [0, 0.05) is 5.69 Å². The van der Waals surface area contributed by atoms with Crippen molar-refractivity contribution in [3.63, 3.8) is 0 Å². The van der Waals surface area contributed by atoms with Crippen molar-refractivity contribution in [3.05, 3.63) is 29.8 Å². The van der Waals surface area contributed by atoms with E-state index in [1.165, 1.54) is 5.56 Å². The van der Waals surface area contributed by atoms with Crippen molar-refractivity contribution in [2.75, 3.05) is 11.9 Å². The normalized spacial score (nSPS) is 23.4. The van der Waals surface area contributed by atoms with Crippen LogP contribution in [-0.2, 0) is 4.79 Å². The van der Waals surface area contributed by atoms with E-state index in [1.54, 1.807) is 0 Å². The molecule has 3 nitrogen and oxygen atoms in total. The molecule has 2 unspecified atom stereocenters. The number of hydrogen-bond donors (Lipinski definition) is 2. The molecule has 1 aromatic rings. The first-order valence-electron chi connectivity index (χ1n) is 7.20. The molecular formula is C16H24N2O. The number of carbonyl (C=O) groups excluding carboxylic acids is 1. The SMILES string of the molecule is CC1CCNC(C(=O)Nc2ccc(C(C)C)cc2)C1. The van der Waals surface area contributed by atoms with E-state index >= 15 is 0 Å². The van der Waals surface area contributed by atoms with Gasteiger partial charge in [-0.15, -0.1) is 0 Å². The lowest BCUT2D eigenvalue weighted by atomic mass is 9.94. The van der Waals surface area contributed by atoms with Crippen molar-refractivity contribution in [1.29, 1.82) is 0 Å². The molecule has 0 aromatic heterocycles. The van der Waals surface area contributed by atoms with Crippen molar-refractivity contribution in [2.45, 2.75) is 45.6 Å². The van der Waals surface area contributed by atoms with Crippen LogP contribution in [0.25, 0.3) is 0 Å². The Morgan fingerprint density at radius 1 is 1.32 bits per heavy atom. The lowest BCUT2D eigenvalue weighted by Crippen LogP contribution is -2.45. The predicted molar refractivity (Wildman–Crippen MR) is 79.3 cm³/mol. The Balaban J connectivity index is 1.94. The van der Waals surface area contributed by atoms with Gasteiger partial charge in [-0.1, -0.05) is 32.9 Å². The quantitative estimate of drug-likeness (QED) is 0.876. The zero-order valence-electron chi connectivity index (χ0n) is 12.1. The van der Waals surface area contributed by atoms with Crippen molar-refractivity contribution >= 4 is 11.6 Å². The fraction of sp³-hybridized carbons (Fsp3) is 0.562. The molecule has 2 N–H and O–H groups in total. The minimum Gasteiger partial charge on any atom is -0.325 e. The van der Waals surface area contributed by atoms with E-state index in [0.717, 1.165) is 25.1 Å². The van der Waals surface area contributed by atoms with Gasteiger partial charge >= 0.3 is 0 Å². The molecular weight excluding hydrogens is 236 g/mol. The van der Waals surface area contributed by atoms with Crippen molar-refractivity contribution in [2.24, 2.45) is 5.92 Å². The lowest BCUT2D eigenvalue weighted by Gasteiger charge is -2.27. The monoisotopic (exact) mass is 260 g/mol. The topological polar surface area (TPSA) is 41.1 Å². The van der Waals surface area contributed by atoms with Gasteiger partial charge in [-0.25, -0.2) is 0 Å². The molecule has 2 atom stereocenters. The van der Waals surface area contributed by atoms with E-state index in [0.29, 0.717) is 11.8 Å². The maximum Gasteiger partial charge on any atom is 0.241 e. The Bertz CT molecular complexity index is 425. The summed E-state index contributed by atoms with van der Waals surface area (Å²) in [5.74, 6) is 1.23. The smallest absolute Gasteiger partial charge is 0.241 e. The van der Waals surface area contributed by atoms with Gasteiger partial charge in [0.1, 0.15) is 0 Å². The second-order valence-corrected chi connectivity index (χ2v) is 5.90. The molecule has 0 saturated carbocycles. The molecule has 0 bridgehead atoms. The first kappa shape index (κ1) is 14.1. The van der Waals surface area contributed by atoms with Gasteiger partial charge in [0.15, 0.2) is 0 Å². The molecule has 104 valence electrons. The van der Waals surface area contributed by atoms with Gasteiger partial charge in [-0.3, -0.25) is 4.79 Å². The molecule has 0 spiro atoms. The largest absolute Gasteiger partial charge is 0.325 e. The van der Waals surface area contributed by atoms with Gasteiger partial charge in [0.05, 0.1) is 6.04 Å². The van der Waals surface area contributed by atoms with Crippen molar-refractivity contribution in [1.82, 2.24) is 5.32 Å². The lowest BCUT2D eigenvalue weighted by molar-refractivity contribution is -0.119. The summed E-state index contributed by atoms with van der Waals surface area (Å²) in [5.41, 5.74) is 2.18. The van der Waals surface area contributed by atoms with E-state index in [4.69, 9.17) is 0 Å². The van der Waals surface area contributed by atoms with Crippen LogP contribution in [0.3, 0.4) is 0 Å². The summed E-state index contributed by atoms with van der Waals surface area (Å²) in [6.45, 7) is 7.48. The number of piperidine rings is 1. The van der Waals surface area contributed by atoms with Crippen LogP contribution in [0.4, 0.5) is 5.69 Å². The Labute approximate surface area is 115 Å². The van der Waals surface area contributed by atoms with Gasteiger partial charge in [-0.2, -0.15) is 0 Å². The van der Waals surface area contributed by atoms with Gasteiger partial charge in [0.2, 0.25) is 5.91 Å². The first-order chi connectivity index (χ1) is 9.06. The van der Waals surface area contributed by atoms with Gasteiger partial charge in [0.25, 0.3) is 0 Å². The predicted octanol–water partition coefficient (Wildman–Crippen LogP) is 3.14. The Morgan fingerprint density at radius 3 is 2.58 bits per heavy atom. The minimum absolute atomic E-state index is 0.0477. The average Bonchev–Trinajstić information content (AvgIpc) is 2.39. The summed E-state index contributed by atoms with van der Waals surface area (Å²) in [7, 11) is 0. The zero-order chi connectivity index (χ0) is 13.8. The average molecular weight is 260 g/mol. The molecule has 3 heteroatoms. The highest BCUT2D eigenvalue weighted by Crippen LogP contribution is 2.19. The fourth-order valence-corrected chi connectivity index (χ4v) is 2.49. The van der Waals surface area contributed by atoms with Crippen molar-refractivity contribution in [3.8, 4) is 0 Å². The summed E-state index contributed by atoms with van der Waals surface area (Å²) in [4.78, 5) is 12.2. The third kappa shape index (κ3) is 3.80. The van der Waals surface area contributed by atoms with Gasteiger partial charge < -0.3 is 10.6 Å². The maximum atomic E-state index is 12.2. The maximum absolute atomic E-state index is 12.2. The highest BCUT2D eigenvalue weighted by atomic mass is 16.2. The van der Waals surface area contributed by atoms with Crippen molar-refractivity contribution < 1.29 is 4.79 Å². The Hall–Kier alpha value is -1.35. The number of nitrogens with one attached hydrogen (secondary N) is 2. The van der Waals surface area contributed by atoms with Crippen LogP contribution in [0.1, 0.15) is 45.1 Å². The molecule has 1 heterocycles. The molecule has 19 heavy (non-hydrogen) atoms. The molecule has 0 aliphatic carbocycles. The summed E-state index contributed by atoms with van der Waals surface area (Å²) in [6.07, 6.45) is 2.09. The Morgan fingerprint density at radius 2 is 2.00 bits per heavy atom. The molecule has 1 aromatic carbocycles. The first-order valence-corrected chi connectivity index (χ1v) is 7.20. The minimum atomic E-state index is -0.0477. The second kappa shape index (κ2) is 6.20. The van der Waals surface area contributed by atoms with E-state index in [-0.39, 0.29) is 11.9 Å². The number of anilines is 1. The van der Waals surface area contributed by atoms with Crippen LogP contribution < -0.4 is 10.6 Å². The summed E-state index contributed by atoms with van der Waals surface area (Å²) in [5, 5.41) is 6.28. The fourth-order valence-electron chi connectivity index (χ4n) is 2.49. The zero-order valence-corrected chi connectivity index (χ0v) is 12.1. The second-order valence-electron chi connectivity index (χ2n) is 5.90. The molecule has 1 saturated heterocycles. The number of hydrogen-bond acceptors (Lipinski definition) is 2. The highest BCUT2D eigenvalue weighted by Gasteiger charge is 2.24. The summed E-state index contributed by atoms with van der Waals surface area (Å²) < 4.78 is 0. The summed E-state index contributed by atoms with van der Waals surface area (Å²) >= 11 is 0. The standard InChI is InChI=1S/C16H24N2O/c1-11(2)13-4-6-14(7-5-13)18-16(19)15-10-12(3)8-9-17-15/h4-7,11-12,15,17H,8-10H2,1-3H3,(H,18,19). The number of benzene rings is 1. The van der Waals surface area contributed by atoms with E-state index in [1.807, 2.05) is 12.1 Å². The molecule has 1 aliphatic heterocycles. The van der Waals surface area contributed by atoms with Crippen LogP contribution in [0.2, 0.25) is 0 Å². The molecule has 1 aliphatic rings. The van der Waals surface area contributed by atoms with Crippen LogP contribution >= 0.6 is 0 Å². The van der Waals surface area contributed by atoms with Crippen LogP contribution in [0.15, 0.2) is 24.3 Å². The third-order valence-corrected chi connectivity index (χ3v) is 3.83. The van der Waals surface area contributed by atoms with E-state index in [9.17, 15) is 4.79 Å². The highest BCUT2D eigenvalue weighted by molar-refractivity contribution is 5.94. The Kier molecular flexibility index (Phi) is 4.59. The molecule has 2 rings (SSSR count). The van der Waals surface area contributed by atoms with E-state index in [2.05, 4.69) is 43.5 Å². The van der Waals surface area contributed by atoms with E-state index < -0.39 is 0 Å². The van der Waals surface area contributed by atoms with Gasteiger partial charge in [-0.05, 0) is 48.9 Å². The molecule has 1 amide bonds. The number of carbonyl (C=O) groups is 1.